The lowest BCUT2D eigenvalue weighted by Crippen LogP contribution is -2.41. The van der Waals surface area contributed by atoms with Crippen molar-refractivity contribution in [2.45, 2.75) is 12.1 Å². The molecule has 0 aliphatic carbocycles. The molecule has 19 heavy (non-hydrogen) atoms. The van der Waals surface area contributed by atoms with Gasteiger partial charge < -0.3 is 10.5 Å². The number of fused-ring (bicyclic) bond motifs is 1. The van der Waals surface area contributed by atoms with Gasteiger partial charge in [0.2, 0.25) is 11.8 Å². The van der Waals surface area contributed by atoms with Crippen LogP contribution in [0.3, 0.4) is 0 Å². The SMILES string of the molecule is Nc1nc(OCC(F)(F)C(F)(F)F)c2ccsc2n1. The molecule has 4 nitrogen and oxygen atoms in total. The summed E-state index contributed by atoms with van der Waals surface area (Å²) in [7, 11) is 0. The first kappa shape index (κ1) is 13.7. The van der Waals surface area contributed by atoms with E-state index < -0.39 is 24.6 Å². The maximum Gasteiger partial charge on any atom is 0.456 e. The largest absolute Gasteiger partial charge is 0.470 e. The molecule has 0 spiro atoms. The Labute approximate surface area is 107 Å². The van der Waals surface area contributed by atoms with Crippen LogP contribution in [0.1, 0.15) is 0 Å². The van der Waals surface area contributed by atoms with Crippen LogP contribution < -0.4 is 10.5 Å². The van der Waals surface area contributed by atoms with Gasteiger partial charge in [-0.25, -0.2) is 4.98 Å². The average molecular weight is 299 g/mol. The second kappa shape index (κ2) is 4.44. The van der Waals surface area contributed by atoms with Crippen LogP contribution in [0.2, 0.25) is 0 Å². The topological polar surface area (TPSA) is 61.0 Å². The van der Waals surface area contributed by atoms with Crippen molar-refractivity contribution in [3.63, 3.8) is 0 Å². The van der Waals surface area contributed by atoms with E-state index in [1.54, 1.807) is 5.38 Å². The fourth-order valence-electron chi connectivity index (χ4n) is 1.19. The first-order valence-corrected chi connectivity index (χ1v) is 5.67. The molecule has 2 N–H and O–H groups in total. The summed E-state index contributed by atoms with van der Waals surface area (Å²) in [5, 5.41) is 1.80. The maximum atomic E-state index is 12.7. The van der Waals surface area contributed by atoms with Crippen LogP contribution in [0.15, 0.2) is 11.4 Å². The summed E-state index contributed by atoms with van der Waals surface area (Å²) in [5.41, 5.74) is 5.30. The van der Waals surface area contributed by atoms with E-state index in [1.807, 2.05) is 0 Å². The highest BCUT2D eigenvalue weighted by molar-refractivity contribution is 7.16. The Morgan fingerprint density at radius 3 is 2.53 bits per heavy atom. The molecule has 0 bridgehead atoms. The predicted molar refractivity (Wildman–Crippen MR) is 58.3 cm³/mol. The van der Waals surface area contributed by atoms with E-state index in [0.29, 0.717) is 4.83 Å². The summed E-state index contributed by atoms with van der Waals surface area (Å²) < 4.78 is 65.8. The fraction of sp³-hybridized carbons (Fsp3) is 0.333. The highest BCUT2D eigenvalue weighted by Gasteiger charge is 2.58. The molecular formula is C9H6F5N3OS. The summed E-state index contributed by atoms with van der Waals surface area (Å²) in [4.78, 5) is 7.64. The summed E-state index contributed by atoms with van der Waals surface area (Å²) in [6.07, 6.45) is -5.68. The zero-order valence-electron chi connectivity index (χ0n) is 9.04. The molecule has 0 unspecified atom stereocenters. The van der Waals surface area contributed by atoms with Crippen molar-refractivity contribution in [1.29, 1.82) is 0 Å². The number of aromatic nitrogens is 2. The molecule has 0 saturated carbocycles. The number of anilines is 1. The lowest BCUT2D eigenvalue weighted by atomic mass is 10.3. The van der Waals surface area contributed by atoms with Gasteiger partial charge >= 0.3 is 12.1 Å². The minimum Gasteiger partial charge on any atom is -0.470 e. The molecular weight excluding hydrogens is 293 g/mol. The molecule has 0 aromatic carbocycles. The molecule has 2 rings (SSSR count). The van der Waals surface area contributed by atoms with Crippen LogP contribution in [-0.2, 0) is 0 Å². The molecule has 2 aromatic heterocycles. The second-order valence-corrected chi connectivity index (χ2v) is 4.41. The zero-order chi connectivity index (χ0) is 14.3. The Kier molecular flexibility index (Phi) is 3.20. The second-order valence-electron chi connectivity index (χ2n) is 3.52. The third-order valence-corrected chi connectivity index (χ3v) is 2.92. The summed E-state index contributed by atoms with van der Waals surface area (Å²) in [6, 6.07) is 1.44. The van der Waals surface area contributed by atoms with Crippen molar-refractivity contribution >= 4 is 27.5 Å². The Morgan fingerprint density at radius 2 is 1.89 bits per heavy atom. The number of halogens is 5. The summed E-state index contributed by atoms with van der Waals surface area (Å²) >= 11 is 1.13. The van der Waals surface area contributed by atoms with Gasteiger partial charge in [-0.05, 0) is 11.4 Å². The summed E-state index contributed by atoms with van der Waals surface area (Å²) in [6.45, 7) is -1.86. The molecule has 2 aromatic rings. The minimum atomic E-state index is -5.68. The minimum absolute atomic E-state index is 0.233. The molecule has 0 amide bonds. The molecule has 104 valence electrons. The number of rotatable bonds is 3. The Morgan fingerprint density at radius 1 is 1.21 bits per heavy atom. The fourth-order valence-corrected chi connectivity index (χ4v) is 1.96. The number of nitrogens with two attached hydrogens (primary N) is 1. The van der Waals surface area contributed by atoms with Gasteiger partial charge in [0, 0.05) is 0 Å². The van der Waals surface area contributed by atoms with Gasteiger partial charge in [0.15, 0.2) is 6.61 Å². The Hall–Kier alpha value is -1.71. The first-order valence-electron chi connectivity index (χ1n) is 4.79. The number of nitrogens with zero attached hydrogens (tertiary/aromatic N) is 2. The predicted octanol–water partition coefficient (Wildman–Crippen LogP) is 2.85. The molecule has 0 aliphatic heterocycles. The third kappa shape index (κ3) is 2.67. The number of hydrogen-bond acceptors (Lipinski definition) is 5. The number of ether oxygens (including phenoxy) is 1. The average Bonchev–Trinajstić information content (AvgIpc) is 2.72. The van der Waals surface area contributed by atoms with Gasteiger partial charge in [0.1, 0.15) is 4.83 Å². The van der Waals surface area contributed by atoms with E-state index in [4.69, 9.17) is 5.73 Å². The molecule has 0 aliphatic rings. The van der Waals surface area contributed by atoms with Crippen molar-refractivity contribution in [3.05, 3.63) is 11.4 Å². The van der Waals surface area contributed by atoms with E-state index in [9.17, 15) is 22.0 Å². The van der Waals surface area contributed by atoms with Gasteiger partial charge in [-0.2, -0.15) is 26.9 Å². The lowest BCUT2D eigenvalue weighted by Gasteiger charge is -2.19. The molecule has 2 heterocycles. The third-order valence-electron chi connectivity index (χ3n) is 2.11. The van der Waals surface area contributed by atoms with Crippen LogP contribution in [-0.4, -0.2) is 28.7 Å². The van der Waals surface area contributed by atoms with Crippen LogP contribution in [0.5, 0.6) is 5.88 Å². The smallest absolute Gasteiger partial charge is 0.456 e. The molecule has 0 fully saturated rings. The quantitative estimate of drug-likeness (QED) is 0.885. The van der Waals surface area contributed by atoms with E-state index in [0.717, 1.165) is 11.3 Å². The van der Waals surface area contributed by atoms with Crippen molar-refractivity contribution in [1.82, 2.24) is 9.97 Å². The number of nitrogen functional groups attached to an aromatic ring is 1. The van der Waals surface area contributed by atoms with E-state index in [2.05, 4.69) is 14.7 Å². The van der Waals surface area contributed by atoms with Crippen molar-refractivity contribution < 1.29 is 26.7 Å². The Bertz CT molecular complexity index is 597. The van der Waals surface area contributed by atoms with Gasteiger partial charge in [0.25, 0.3) is 0 Å². The number of alkyl halides is 5. The van der Waals surface area contributed by atoms with Crippen LogP contribution in [0.4, 0.5) is 27.9 Å². The molecule has 0 radical (unpaired) electrons. The van der Waals surface area contributed by atoms with Crippen LogP contribution in [0.25, 0.3) is 10.2 Å². The maximum absolute atomic E-state index is 12.7. The monoisotopic (exact) mass is 299 g/mol. The van der Waals surface area contributed by atoms with Gasteiger partial charge in [-0.3, -0.25) is 0 Å². The van der Waals surface area contributed by atoms with E-state index >= 15 is 0 Å². The normalized spacial score (nSPS) is 12.9. The molecule has 0 atom stereocenters. The number of thiophene rings is 1. The van der Waals surface area contributed by atoms with Crippen molar-refractivity contribution in [2.24, 2.45) is 0 Å². The first-order chi connectivity index (χ1) is 8.71. The zero-order valence-corrected chi connectivity index (χ0v) is 9.86. The standard InChI is InChI=1S/C9H6F5N3OS/c10-8(11,9(12,13)14)3-18-5-4-1-2-19-6(4)17-7(15)16-5/h1-2H,3H2,(H2,15,16,17). The lowest BCUT2D eigenvalue weighted by molar-refractivity contribution is -0.290. The highest BCUT2D eigenvalue weighted by Crippen LogP contribution is 2.36. The molecule has 0 saturated heterocycles. The Balaban J connectivity index is 2.25. The van der Waals surface area contributed by atoms with Crippen LogP contribution in [0, 0.1) is 0 Å². The van der Waals surface area contributed by atoms with Gasteiger partial charge in [-0.15, -0.1) is 11.3 Å². The van der Waals surface area contributed by atoms with E-state index in [-0.39, 0.29) is 11.3 Å². The van der Waals surface area contributed by atoms with Gasteiger partial charge in [0.05, 0.1) is 5.39 Å². The molecule has 10 heteroatoms. The van der Waals surface area contributed by atoms with Crippen molar-refractivity contribution in [2.75, 3.05) is 12.3 Å². The van der Waals surface area contributed by atoms with Gasteiger partial charge in [-0.1, -0.05) is 0 Å². The summed E-state index contributed by atoms with van der Waals surface area (Å²) in [5.74, 6) is -5.62. The van der Waals surface area contributed by atoms with Crippen LogP contribution >= 0.6 is 11.3 Å². The van der Waals surface area contributed by atoms with E-state index in [1.165, 1.54) is 6.07 Å². The number of hydrogen-bond donors (Lipinski definition) is 1. The highest BCUT2D eigenvalue weighted by atomic mass is 32.1. The van der Waals surface area contributed by atoms with Crippen molar-refractivity contribution in [3.8, 4) is 5.88 Å².